The van der Waals surface area contributed by atoms with Crippen LogP contribution in [0.2, 0.25) is 0 Å². The summed E-state index contributed by atoms with van der Waals surface area (Å²) in [5.74, 6) is 0. The molecule has 0 bridgehead atoms. The van der Waals surface area contributed by atoms with Gasteiger partial charge >= 0.3 is 0 Å². The normalized spacial score (nSPS) is 12.3. The average molecular weight is 364 g/mol. The van der Waals surface area contributed by atoms with E-state index in [0.717, 1.165) is 17.9 Å². The van der Waals surface area contributed by atoms with Crippen molar-refractivity contribution in [3.05, 3.63) is 89.8 Å². The Morgan fingerprint density at radius 1 is 0.815 bits per heavy atom. The number of benzene rings is 2. The van der Waals surface area contributed by atoms with Crippen LogP contribution >= 0.6 is 11.3 Å². The van der Waals surface area contributed by atoms with E-state index in [1.807, 2.05) is 0 Å². The van der Waals surface area contributed by atoms with Crippen molar-refractivity contribution >= 4 is 22.2 Å². The molecule has 0 aliphatic carbocycles. The van der Waals surface area contributed by atoms with Gasteiger partial charge in [-0.1, -0.05) is 54.6 Å². The maximum absolute atomic E-state index is 5.20. The van der Waals surface area contributed by atoms with Crippen LogP contribution in [-0.4, -0.2) is 9.55 Å². The lowest BCUT2D eigenvalue weighted by Gasteiger charge is -2.11. The van der Waals surface area contributed by atoms with Crippen LogP contribution in [0.15, 0.2) is 84.2 Å². The fraction of sp³-hybridized carbons (Fsp3) is 0.0417. The minimum Gasteiger partial charge on any atom is -0.335 e. The first kappa shape index (κ1) is 14.9. The molecule has 2 nitrogen and oxygen atoms in total. The maximum Gasteiger partial charge on any atom is 0.0925 e. The molecule has 1 aliphatic rings. The second-order valence-corrected chi connectivity index (χ2v) is 7.86. The van der Waals surface area contributed by atoms with Gasteiger partial charge in [-0.15, -0.1) is 11.3 Å². The molecule has 4 heterocycles. The first-order valence-corrected chi connectivity index (χ1v) is 9.98. The number of hydrogen-bond donors (Lipinski definition) is 0. The van der Waals surface area contributed by atoms with Gasteiger partial charge in [0.1, 0.15) is 0 Å². The number of rotatable bonds is 2. The molecule has 5 aromatic rings. The molecule has 0 spiro atoms. The predicted molar refractivity (Wildman–Crippen MR) is 113 cm³/mol. The lowest BCUT2D eigenvalue weighted by molar-refractivity contribution is 0.887. The zero-order valence-corrected chi connectivity index (χ0v) is 15.4. The highest BCUT2D eigenvalue weighted by atomic mass is 32.1. The van der Waals surface area contributed by atoms with Gasteiger partial charge in [0.05, 0.1) is 28.5 Å². The van der Waals surface area contributed by atoms with Crippen molar-refractivity contribution in [2.45, 2.75) is 6.54 Å². The molecule has 3 heteroatoms. The molecule has 0 fully saturated rings. The number of pyridine rings is 1. The molecule has 0 N–H and O–H groups in total. The van der Waals surface area contributed by atoms with Gasteiger partial charge in [0, 0.05) is 22.0 Å². The van der Waals surface area contributed by atoms with Gasteiger partial charge in [0.2, 0.25) is 0 Å². The summed E-state index contributed by atoms with van der Waals surface area (Å²) in [5, 5.41) is 3.40. The minimum atomic E-state index is 0.885. The van der Waals surface area contributed by atoms with Gasteiger partial charge in [-0.3, -0.25) is 0 Å². The predicted octanol–water partition coefficient (Wildman–Crippen LogP) is 6.46. The second-order valence-electron chi connectivity index (χ2n) is 6.91. The largest absolute Gasteiger partial charge is 0.335 e. The quantitative estimate of drug-likeness (QED) is 0.345. The van der Waals surface area contributed by atoms with E-state index in [2.05, 4.69) is 88.8 Å². The van der Waals surface area contributed by atoms with Crippen molar-refractivity contribution in [1.29, 1.82) is 0 Å². The van der Waals surface area contributed by atoms with E-state index in [-0.39, 0.29) is 0 Å². The molecule has 0 radical (unpaired) electrons. The molecule has 0 atom stereocenters. The zero-order chi connectivity index (χ0) is 17.8. The van der Waals surface area contributed by atoms with Gasteiger partial charge in [-0.2, -0.15) is 0 Å². The number of para-hydroxylation sites is 1. The highest BCUT2D eigenvalue weighted by Crippen LogP contribution is 2.41. The van der Waals surface area contributed by atoms with Crippen molar-refractivity contribution in [1.82, 2.24) is 9.55 Å². The molecule has 2 aromatic carbocycles. The zero-order valence-electron chi connectivity index (χ0n) is 14.6. The van der Waals surface area contributed by atoms with Crippen molar-refractivity contribution in [3.8, 4) is 33.1 Å². The number of thiophene rings is 1. The highest BCUT2D eigenvalue weighted by molar-refractivity contribution is 7.13. The Bertz CT molecular complexity index is 1280. The van der Waals surface area contributed by atoms with Crippen molar-refractivity contribution < 1.29 is 0 Å². The monoisotopic (exact) mass is 364 g/mol. The van der Waals surface area contributed by atoms with Crippen molar-refractivity contribution in [2.75, 3.05) is 0 Å². The van der Waals surface area contributed by atoms with E-state index in [1.165, 1.54) is 38.2 Å². The lowest BCUT2D eigenvalue weighted by Crippen LogP contribution is -1.94. The van der Waals surface area contributed by atoms with Crippen LogP contribution in [-0.2, 0) is 6.54 Å². The average Bonchev–Trinajstić information content (AvgIpc) is 3.43. The molecule has 27 heavy (non-hydrogen) atoms. The Kier molecular flexibility index (Phi) is 3.13. The van der Waals surface area contributed by atoms with E-state index >= 15 is 0 Å². The summed E-state index contributed by atoms with van der Waals surface area (Å²) in [6.07, 6.45) is 0. The van der Waals surface area contributed by atoms with Gasteiger partial charge in [-0.05, 0) is 35.2 Å². The van der Waals surface area contributed by atoms with E-state index in [0.29, 0.717) is 0 Å². The molecule has 3 aromatic heterocycles. The Morgan fingerprint density at radius 2 is 1.67 bits per heavy atom. The van der Waals surface area contributed by atoms with Gasteiger partial charge in [-0.25, -0.2) is 4.98 Å². The molecule has 6 rings (SSSR count). The van der Waals surface area contributed by atoms with Crippen LogP contribution in [0.1, 0.15) is 5.56 Å². The van der Waals surface area contributed by atoms with E-state index in [1.54, 1.807) is 11.3 Å². The third-order valence-corrected chi connectivity index (χ3v) is 6.20. The summed E-state index contributed by atoms with van der Waals surface area (Å²) in [6.45, 7) is 0.885. The topological polar surface area (TPSA) is 17.8 Å². The Hall–Kier alpha value is -3.17. The summed E-state index contributed by atoms with van der Waals surface area (Å²) in [4.78, 5) is 6.41. The summed E-state index contributed by atoms with van der Waals surface area (Å²) < 4.78 is 2.39. The molecular weight excluding hydrogens is 348 g/mol. The molecule has 0 amide bonds. The first-order valence-electron chi connectivity index (χ1n) is 9.10. The molecule has 1 aliphatic heterocycles. The molecular formula is C24H16N2S. The van der Waals surface area contributed by atoms with Gasteiger partial charge < -0.3 is 4.57 Å². The fourth-order valence-corrected chi connectivity index (χ4v) is 4.81. The second kappa shape index (κ2) is 5.66. The van der Waals surface area contributed by atoms with Crippen LogP contribution in [0.4, 0.5) is 0 Å². The molecule has 0 saturated carbocycles. The third-order valence-electron chi connectivity index (χ3n) is 5.32. The molecule has 128 valence electrons. The summed E-state index contributed by atoms with van der Waals surface area (Å²) in [7, 11) is 0. The SMILES string of the molecule is c1ccc(-c2cc3c(nc2-c2cccs2)-c2cc4ccccc4n2C3)cc1. The minimum absolute atomic E-state index is 0.885. The Morgan fingerprint density at radius 3 is 2.52 bits per heavy atom. The number of fused-ring (bicyclic) bond motifs is 5. The smallest absolute Gasteiger partial charge is 0.0925 e. The number of nitrogens with zero attached hydrogens (tertiary/aromatic N) is 2. The van der Waals surface area contributed by atoms with Crippen LogP contribution < -0.4 is 0 Å². The van der Waals surface area contributed by atoms with Crippen molar-refractivity contribution in [3.63, 3.8) is 0 Å². The summed E-state index contributed by atoms with van der Waals surface area (Å²) in [6, 6.07) is 28.1. The van der Waals surface area contributed by atoms with Crippen LogP contribution in [0.5, 0.6) is 0 Å². The van der Waals surface area contributed by atoms with Crippen LogP contribution in [0, 0.1) is 0 Å². The van der Waals surface area contributed by atoms with E-state index in [9.17, 15) is 0 Å². The molecule has 0 saturated heterocycles. The summed E-state index contributed by atoms with van der Waals surface area (Å²) in [5.41, 5.74) is 8.44. The maximum atomic E-state index is 5.20. The Labute approximate surface area is 161 Å². The first-order chi connectivity index (χ1) is 13.4. The third kappa shape index (κ3) is 2.22. The number of hydrogen-bond acceptors (Lipinski definition) is 2. The van der Waals surface area contributed by atoms with Gasteiger partial charge in [0.15, 0.2) is 0 Å². The van der Waals surface area contributed by atoms with Crippen molar-refractivity contribution in [2.24, 2.45) is 0 Å². The lowest BCUT2D eigenvalue weighted by atomic mass is 9.99. The number of aromatic nitrogens is 2. The van der Waals surface area contributed by atoms with E-state index in [4.69, 9.17) is 4.98 Å². The van der Waals surface area contributed by atoms with Crippen LogP contribution in [0.3, 0.4) is 0 Å². The molecule has 0 unspecified atom stereocenters. The van der Waals surface area contributed by atoms with Crippen LogP contribution in [0.25, 0.3) is 44.0 Å². The fourth-order valence-electron chi connectivity index (χ4n) is 4.08. The van der Waals surface area contributed by atoms with Gasteiger partial charge in [0.25, 0.3) is 0 Å². The Balaban J connectivity index is 1.63. The summed E-state index contributed by atoms with van der Waals surface area (Å²) >= 11 is 1.75. The standard InChI is InChI=1S/C24H16N2S/c1-2-7-16(8-3-1)19-13-18-15-26-20-10-5-4-9-17(20)14-21(26)23(18)25-24(19)22-11-6-12-27-22/h1-14H,15H2. The van der Waals surface area contributed by atoms with E-state index < -0.39 is 0 Å². The highest BCUT2D eigenvalue weighted by Gasteiger charge is 2.25.